The first kappa shape index (κ1) is 22.9. The Morgan fingerprint density at radius 3 is 2.56 bits per heavy atom. The zero-order valence-corrected chi connectivity index (χ0v) is 18.3. The normalized spacial score (nSPS) is 11.2. The molecular weight excluding hydrogens is 434 g/mol. The van der Waals surface area contributed by atoms with Gasteiger partial charge in [-0.2, -0.15) is 0 Å². The molecule has 2 aromatic heterocycles. The Kier molecular flexibility index (Phi) is 6.85. The minimum Gasteiger partial charge on any atom is -0.397 e. The van der Waals surface area contributed by atoms with Gasteiger partial charge in [0.2, 0.25) is 11.7 Å². The smallest absolute Gasteiger partial charge is 0.295 e. The molecule has 0 atom stereocenters. The molecule has 0 radical (unpaired) electrons. The number of benzene rings is 1. The van der Waals surface area contributed by atoms with Crippen LogP contribution in [0.4, 0.5) is 11.5 Å². The summed E-state index contributed by atoms with van der Waals surface area (Å²) < 4.78 is 25.8. The highest BCUT2D eigenvalue weighted by Crippen LogP contribution is 2.09. The highest BCUT2D eigenvalue weighted by Gasteiger charge is 2.16. The molecule has 0 bridgehead atoms. The van der Waals surface area contributed by atoms with E-state index in [0.717, 1.165) is 5.69 Å². The van der Waals surface area contributed by atoms with Gasteiger partial charge in [0.15, 0.2) is 0 Å². The number of nitrogens with zero attached hydrogens (tertiary/aromatic N) is 3. The van der Waals surface area contributed by atoms with Crippen LogP contribution >= 0.6 is 0 Å². The van der Waals surface area contributed by atoms with Crippen molar-refractivity contribution < 1.29 is 13.2 Å². The van der Waals surface area contributed by atoms with Gasteiger partial charge < -0.3 is 11.1 Å². The number of anilines is 2. The Morgan fingerprint density at radius 1 is 1.12 bits per heavy atom. The second kappa shape index (κ2) is 9.58. The van der Waals surface area contributed by atoms with Crippen LogP contribution in [0, 0.1) is 13.8 Å². The maximum Gasteiger partial charge on any atom is 0.295 e. The third-order valence-electron chi connectivity index (χ3n) is 4.51. The van der Waals surface area contributed by atoms with E-state index in [-0.39, 0.29) is 23.8 Å². The average Bonchev–Trinajstić information content (AvgIpc) is 2.77. The highest BCUT2D eigenvalue weighted by molar-refractivity contribution is 7.89. The minimum atomic E-state index is -3.92. The van der Waals surface area contributed by atoms with Crippen LogP contribution in [-0.2, 0) is 27.9 Å². The Bertz CT molecular complexity index is 1290. The van der Waals surface area contributed by atoms with E-state index in [2.05, 4.69) is 25.5 Å². The van der Waals surface area contributed by atoms with Gasteiger partial charge in [-0.05, 0) is 38.1 Å². The van der Waals surface area contributed by atoms with E-state index in [1.54, 1.807) is 37.3 Å². The molecule has 1 amide bonds. The first-order chi connectivity index (χ1) is 15.2. The van der Waals surface area contributed by atoms with E-state index in [4.69, 9.17) is 5.73 Å². The maximum atomic E-state index is 12.7. The number of nitrogen functional groups attached to an aromatic ring is 1. The van der Waals surface area contributed by atoms with Crippen LogP contribution in [0.3, 0.4) is 0 Å². The first-order valence-electron chi connectivity index (χ1n) is 9.55. The third-order valence-corrected chi connectivity index (χ3v) is 5.78. The van der Waals surface area contributed by atoms with E-state index in [1.165, 1.54) is 22.9 Å². The van der Waals surface area contributed by atoms with Crippen LogP contribution in [0.1, 0.15) is 17.1 Å². The lowest BCUT2D eigenvalue weighted by Gasteiger charge is -2.13. The van der Waals surface area contributed by atoms with Gasteiger partial charge in [0, 0.05) is 17.6 Å². The summed E-state index contributed by atoms with van der Waals surface area (Å²) in [4.78, 5) is 35.5. The molecule has 12 heteroatoms. The summed E-state index contributed by atoms with van der Waals surface area (Å²) in [6.45, 7) is 3.23. The van der Waals surface area contributed by atoms with Gasteiger partial charge in [0.05, 0.1) is 22.8 Å². The SMILES string of the molecule is Cc1ccc(N)c(CNC(=O)Cn2c(C)cnc(NNS(=O)(=O)c3ccccc3)c2=O)n1. The van der Waals surface area contributed by atoms with Gasteiger partial charge in [-0.1, -0.05) is 18.2 Å². The molecule has 168 valence electrons. The molecule has 32 heavy (non-hydrogen) atoms. The number of hydrogen-bond acceptors (Lipinski definition) is 8. The van der Waals surface area contributed by atoms with Gasteiger partial charge in [0.25, 0.3) is 15.6 Å². The number of hydrogen-bond donors (Lipinski definition) is 4. The van der Waals surface area contributed by atoms with Crippen molar-refractivity contribution >= 4 is 27.4 Å². The average molecular weight is 458 g/mol. The summed E-state index contributed by atoms with van der Waals surface area (Å²) in [7, 11) is -3.92. The molecule has 0 fully saturated rings. The van der Waals surface area contributed by atoms with Crippen molar-refractivity contribution in [1.82, 2.24) is 24.7 Å². The molecule has 0 aliphatic heterocycles. The summed E-state index contributed by atoms with van der Waals surface area (Å²) in [6.07, 6.45) is 1.36. The lowest BCUT2D eigenvalue weighted by atomic mass is 10.2. The van der Waals surface area contributed by atoms with Crippen LogP contribution in [0.25, 0.3) is 0 Å². The number of aryl methyl sites for hydroxylation is 2. The Labute approximate surface area is 184 Å². The van der Waals surface area contributed by atoms with Crippen LogP contribution < -0.4 is 26.9 Å². The molecule has 2 heterocycles. The van der Waals surface area contributed by atoms with Crippen molar-refractivity contribution in [3.8, 4) is 0 Å². The Hall–Kier alpha value is -3.77. The van der Waals surface area contributed by atoms with Gasteiger partial charge in [0.1, 0.15) is 6.54 Å². The molecule has 0 unspecified atom stereocenters. The monoisotopic (exact) mass is 457 g/mol. The zero-order valence-electron chi connectivity index (χ0n) is 17.5. The largest absolute Gasteiger partial charge is 0.397 e. The van der Waals surface area contributed by atoms with Crippen molar-refractivity contribution in [2.45, 2.75) is 31.8 Å². The fraction of sp³-hybridized carbons (Fsp3) is 0.200. The number of aromatic nitrogens is 3. The molecule has 0 aliphatic rings. The molecule has 0 saturated heterocycles. The lowest BCUT2D eigenvalue weighted by molar-refractivity contribution is -0.121. The van der Waals surface area contributed by atoms with Crippen LogP contribution in [0.15, 0.2) is 58.4 Å². The van der Waals surface area contributed by atoms with Gasteiger partial charge in [-0.3, -0.25) is 24.6 Å². The molecule has 5 N–H and O–H groups in total. The van der Waals surface area contributed by atoms with E-state index in [9.17, 15) is 18.0 Å². The third kappa shape index (κ3) is 5.47. The van der Waals surface area contributed by atoms with E-state index < -0.39 is 21.5 Å². The molecule has 3 aromatic rings. The first-order valence-corrected chi connectivity index (χ1v) is 11.0. The highest BCUT2D eigenvalue weighted by atomic mass is 32.2. The predicted molar refractivity (Wildman–Crippen MR) is 119 cm³/mol. The summed E-state index contributed by atoms with van der Waals surface area (Å²) in [5.41, 5.74) is 9.69. The number of hydrazine groups is 1. The Morgan fingerprint density at radius 2 is 1.84 bits per heavy atom. The number of nitrogens with two attached hydrogens (primary N) is 1. The van der Waals surface area contributed by atoms with Crippen molar-refractivity contribution in [3.05, 3.63) is 76.1 Å². The Balaban J connectivity index is 1.70. The molecule has 1 aromatic carbocycles. The second-order valence-corrected chi connectivity index (χ2v) is 8.63. The van der Waals surface area contributed by atoms with Crippen LogP contribution in [0.2, 0.25) is 0 Å². The van der Waals surface area contributed by atoms with Crippen molar-refractivity contribution in [3.63, 3.8) is 0 Å². The summed E-state index contributed by atoms with van der Waals surface area (Å²) in [6, 6.07) is 11.1. The molecular formula is C20H23N7O4S. The van der Waals surface area contributed by atoms with E-state index >= 15 is 0 Å². The maximum absolute atomic E-state index is 12.7. The molecule has 3 rings (SSSR count). The fourth-order valence-corrected chi connectivity index (χ4v) is 3.64. The van der Waals surface area contributed by atoms with E-state index in [1.807, 2.05) is 6.92 Å². The molecule has 0 saturated carbocycles. The van der Waals surface area contributed by atoms with Crippen LogP contribution in [-0.4, -0.2) is 28.9 Å². The summed E-state index contributed by atoms with van der Waals surface area (Å²) >= 11 is 0. The standard InChI is InChI=1S/C20H23N7O4S/c1-13-8-9-16(21)17(24-13)11-22-18(28)12-27-14(2)10-23-19(20(27)29)25-26-32(30,31)15-6-4-3-5-7-15/h3-10,26H,11-12,21H2,1-2H3,(H,22,28)(H,23,25). The summed E-state index contributed by atoms with van der Waals surface area (Å²) in [5, 5.41) is 2.67. The van der Waals surface area contributed by atoms with Crippen LogP contribution in [0.5, 0.6) is 0 Å². The fourth-order valence-electron chi connectivity index (χ4n) is 2.77. The number of rotatable bonds is 8. The molecule has 0 aliphatic carbocycles. The zero-order chi connectivity index (χ0) is 23.3. The van der Waals surface area contributed by atoms with Gasteiger partial charge in [-0.25, -0.2) is 13.4 Å². The van der Waals surface area contributed by atoms with Crippen molar-refractivity contribution in [1.29, 1.82) is 0 Å². The minimum absolute atomic E-state index is 0.0170. The number of amides is 1. The number of carbonyl (C=O) groups excluding carboxylic acids is 1. The van der Waals surface area contributed by atoms with Crippen molar-refractivity contribution in [2.24, 2.45) is 0 Å². The second-order valence-electron chi connectivity index (χ2n) is 6.95. The van der Waals surface area contributed by atoms with Gasteiger partial charge in [-0.15, -0.1) is 4.83 Å². The summed E-state index contributed by atoms with van der Waals surface area (Å²) in [5.74, 6) is -0.715. The van der Waals surface area contributed by atoms with E-state index in [0.29, 0.717) is 17.1 Å². The topological polar surface area (TPSA) is 161 Å². The number of nitrogens with one attached hydrogen (secondary N) is 3. The number of sulfonamides is 1. The number of carbonyl (C=O) groups is 1. The predicted octanol–water partition coefficient (Wildman–Crippen LogP) is 0.459. The lowest BCUT2D eigenvalue weighted by Crippen LogP contribution is -2.38. The molecule has 11 nitrogen and oxygen atoms in total. The molecule has 0 spiro atoms. The van der Waals surface area contributed by atoms with Gasteiger partial charge >= 0.3 is 0 Å². The van der Waals surface area contributed by atoms with Crippen molar-refractivity contribution in [2.75, 3.05) is 11.2 Å². The quantitative estimate of drug-likeness (QED) is 0.355. The number of pyridine rings is 1.